The molecular formula is C20H22FN5OS. The fourth-order valence-electron chi connectivity index (χ4n) is 2.84. The summed E-state index contributed by atoms with van der Waals surface area (Å²) in [5.41, 5.74) is 1.32. The Hall–Kier alpha value is -2.87. The van der Waals surface area contributed by atoms with E-state index in [-0.39, 0.29) is 35.0 Å². The molecule has 1 unspecified atom stereocenters. The summed E-state index contributed by atoms with van der Waals surface area (Å²) in [4.78, 5) is 12.5. The first-order chi connectivity index (χ1) is 13.5. The van der Waals surface area contributed by atoms with Gasteiger partial charge in [-0.2, -0.15) is 0 Å². The number of benzene rings is 2. The number of halogens is 1. The Balaban J connectivity index is 1.66. The molecule has 3 N–H and O–H groups in total. The fourth-order valence-corrected chi connectivity index (χ4v) is 3.51. The van der Waals surface area contributed by atoms with Gasteiger partial charge in [-0.15, -0.1) is 10.2 Å². The van der Waals surface area contributed by atoms with Gasteiger partial charge in [-0.1, -0.05) is 68.1 Å². The Morgan fingerprint density at radius 2 is 1.82 bits per heavy atom. The van der Waals surface area contributed by atoms with Gasteiger partial charge < -0.3 is 11.2 Å². The smallest absolute Gasteiger partial charge is 0.230 e. The van der Waals surface area contributed by atoms with Gasteiger partial charge in [0.05, 0.1) is 17.4 Å². The summed E-state index contributed by atoms with van der Waals surface area (Å²) in [6.07, 6.45) is 0. The molecule has 8 heteroatoms. The number of hydrogen-bond donors (Lipinski definition) is 2. The van der Waals surface area contributed by atoms with Crippen molar-refractivity contribution in [1.29, 1.82) is 0 Å². The fraction of sp³-hybridized carbons (Fsp3) is 0.250. The minimum atomic E-state index is -0.432. The highest BCUT2D eigenvalue weighted by Crippen LogP contribution is 2.25. The van der Waals surface area contributed by atoms with E-state index in [1.807, 2.05) is 30.3 Å². The Bertz CT molecular complexity index is 945. The third-order valence-corrected chi connectivity index (χ3v) is 5.20. The van der Waals surface area contributed by atoms with Crippen LogP contribution in [0.15, 0.2) is 59.8 Å². The lowest BCUT2D eigenvalue weighted by Crippen LogP contribution is -2.33. The van der Waals surface area contributed by atoms with Gasteiger partial charge in [0, 0.05) is 0 Å². The van der Waals surface area contributed by atoms with Gasteiger partial charge in [0.2, 0.25) is 11.1 Å². The van der Waals surface area contributed by atoms with Crippen molar-refractivity contribution in [2.45, 2.75) is 25.0 Å². The number of nitrogens with one attached hydrogen (secondary N) is 1. The first-order valence-electron chi connectivity index (χ1n) is 8.90. The summed E-state index contributed by atoms with van der Waals surface area (Å²) < 4.78 is 15.2. The quantitative estimate of drug-likeness (QED) is 0.470. The van der Waals surface area contributed by atoms with E-state index in [0.29, 0.717) is 5.16 Å². The largest absolute Gasteiger partial charge is 0.348 e. The summed E-state index contributed by atoms with van der Waals surface area (Å²) in [6, 6.07) is 16.0. The van der Waals surface area contributed by atoms with Crippen LogP contribution in [-0.2, 0) is 4.79 Å². The van der Waals surface area contributed by atoms with Gasteiger partial charge in [-0.3, -0.25) is 4.79 Å². The monoisotopic (exact) mass is 399 g/mol. The third-order valence-electron chi connectivity index (χ3n) is 4.25. The van der Waals surface area contributed by atoms with E-state index >= 15 is 0 Å². The average Bonchev–Trinajstić information content (AvgIpc) is 3.05. The second-order valence-corrected chi connectivity index (χ2v) is 7.59. The Kier molecular flexibility index (Phi) is 6.30. The first-order valence-corrected chi connectivity index (χ1v) is 9.88. The molecule has 0 aliphatic carbocycles. The molecule has 1 heterocycles. The molecule has 0 bridgehead atoms. The van der Waals surface area contributed by atoms with Gasteiger partial charge in [0.1, 0.15) is 5.82 Å². The highest BCUT2D eigenvalue weighted by Gasteiger charge is 2.20. The van der Waals surface area contributed by atoms with Crippen LogP contribution in [0.5, 0.6) is 0 Å². The number of carbonyl (C=O) groups excluding carboxylic acids is 1. The highest BCUT2D eigenvalue weighted by atomic mass is 32.2. The number of rotatable bonds is 7. The summed E-state index contributed by atoms with van der Waals surface area (Å²) in [5, 5.41) is 11.3. The lowest BCUT2D eigenvalue weighted by atomic mass is 9.96. The molecule has 0 fully saturated rings. The van der Waals surface area contributed by atoms with Crippen LogP contribution in [0.4, 0.5) is 4.39 Å². The predicted molar refractivity (Wildman–Crippen MR) is 108 cm³/mol. The zero-order valence-corrected chi connectivity index (χ0v) is 16.5. The van der Waals surface area contributed by atoms with Crippen LogP contribution in [0.2, 0.25) is 0 Å². The maximum absolute atomic E-state index is 14.0. The summed E-state index contributed by atoms with van der Waals surface area (Å²) in [5.74, 6) is 6.01. The molecule has 1 aromatic heterocycles. The molecule has 0 aliphatic rings. The minimum absolute atomic E-state index is 0.0842. The van der Waals surface area contributed by atoms with Crippen molar-refractivity contribution < 1.29 is 9.18 Å². The molecule has 0 saturated heterocycles. The van der Waals surface area contributed by atoms with Crippen molar-refractivity contribution in [1.82, 2.24) is 20.2 Å². The topological polar surface area (TPSA) is 85.8 Å². The maximum atomic E-state index is 14.0. The van der Waals surface area contributed by atoms with Crippen LogP contribution in [0.25, 0.3) is 11.4 Å². The number of aromatic nitrogens is 3. The third kappa shape index (κ3) is 4.51. The van der Waals surface area contributed by atoms with Gasteiger partial charge in [0.15, 0.2) is 5.82 Å². The average molecular weight is 399 g/mol. The molecule has 0 radical (unpaired) electrons. The Labute approximate surface area is 167 Å². The van der Waals surface area contributed by atoms with Gasteiger partial charge in [0.25, 0.3) is 0 Å². The van der Waals surface area contributed by atoms with Crippen molar-refractivity contribution in [3.05, 3.63) is 66.0 Å². The van der Waals surface area contributed by atoms with Crippen LogP contribution in [0, 0.1) is 11.7 Å². The number of thioether (sulfide) groups is 1. The lowest BCUT2D eigenvalue weighted by molar-refractivity contribution is -0.119. The van der Waals surface area contributed by atoms with Gasteiger partial charge in [-0.05, 0) is 23.6 Å². The SMILES string of the molecule is CC(C)C(NC(=O)CSc1nnc(-c2ccccc2F)n1N)c1ccccc1. The van der Waals surface area contributed by atoms with E-state index in [0.717, 1.165) is 17.3 Å². The lowest BCUT2D eigenvalue weighted by Gasteiger charge is -2.22. The number of nitrogens with two attached hydrogens (primary N) is 1. The molecule has 28 heavy (non-hydrogen) atoms. The molecule has 1 atom stereocenters. The highest BCUT2D eigenvalue weighted by molar-refractivity contribution is 7.99. The number of nitrogens with zero attached hydrogens (tertiary/aromatic N) is 3. The second kappa shape index (κ2) is 8.88. The predicted octanol–water partition coefficient (Wildman–Crippen LogP) is 3.40. The normalized spacial score (nSPS) is 12.1. The zero-order chi connectivity index (χ0) is 20.1. The summed E-state index contributed by atoms with van der Waals surface area (Å²) in [7, 11) is 0. The zero-order valence-electron chi connectivity index (χ0n) is 15.7. The van der Waals surface area contributed by atoms with Crippen LogP contribution in [0.1, 0.15) is 25.5 Å². The summed E-state index contributed by atoms with van der Waals surface area (Å²) in [6.45, 7) is 4.12. The minimum Gasteiger partial charge on any atom is -0.348 e. The second-order valence-electron chi connectivity index (χ2n) is 6.64. The molecule has 0 aliphatic heterocycles. The molecule has 0 saturated carbocycles. The van der Waals surface area contributed by atoms with E-state index < -0.39 is 5.82 Å². The molecule has 0 spiro atoms. The molecular weight excluding hydrogens is 377 g/mol. The van der Waals surface area contributed by atoms with E-state index in [9.17, 15) is 9.18 Å². The van der Waals surface area contributed by atoms with Crippen molar-refractivity contribution in [3.8, 4) is 11.4 Å². The van der Waals surface area contributed by atoms with Gasteiger partial charge >= 0.3 is 0 Å². The summed E-state index contributed by atoms with van der Waals surface area (Å²) >= 11 is 1.16. The molecule has 146 valence electrons. The van der Waals surface area contributed by atoms with Crippen LogP contribution in [-0.4, -0.2) is 26.5 Å². The van der Waals surface area contributed by atoms with Crippen LogP contribution < -0.4 is 11.2 Å². The van der Waals surface area contributed by atoms with Crippen molar-refractivity contribution in [3.63, 3.8) is 0 Å². The maximum Gasteiger partial charge on any atom is 0.230 e. The van der Waals surface area contributed by atoms with Crippen LogP contribution >= 0.6 is 11.8 Å². The molecule has 3 rings (SSSR count). The number of carbonyl (C=O) groups is 1. The van der Waals surface area contributed by atoms with Crippen molar-refractivity contribution >= 4 is 17.7 Å². The Morgan fingerprint density at radius 3 is 2.50 bits per heavy atom. The Morgan fingerprint density at radius 1 is 1.14 bits per heavy atom. The van der Waals surface area contributed by atoms with Crippen molar-refractivity contribution in [2.75, 3.05) is 11.6 Å². The number of hydrogen-bond acceptors (Lipinski definition) is 5. The standard InChI is InChI=1S/C20H22FN5OS/c1-13(2)18(14-8-4-3-5-9-14)23-17(27)12-28-20-25-24-19(26(20)22)15-10-6-7-11-16(15)21/h3-11,13,18H,12,22H2,1-2H3,(H,23,27). The van der Waals surface area contributed by atoms with E-state index in [2.05, 4.69) is 29.4 Å². The van der Waals surface area contributed by atoms with Gasteiger partial charge in [-0.25, -0.2) is 9.07 Å². The van der Waals surface area contributed by atoms with Crippen LogP contribution in [0.3, 0.4) is 0 Å². The molecule has 6 nitrogen and oxygen atoms in total. The van der Waals surface area contributed by atoms with E-state index in [1.54, 1.807) is 18.2 Å². The molecule has 3 aromatic rings. The first kappa shape index (κ1) is 19.9. The van der Waals surface area contributed by atoms with Crippen molar-refractivity contribution in [2.24, 2.45) is 5.92 Å². The molecule has 1 amide bonds. The molecule has 2 aromatic carbocycles. The van der Waals surface area contributed by atoms with E-state index in [4.69, 9.17) is 5.84 Å². The number of amides is 1. The number of nitrogen functional groups attached to an aromatic ring is 1. The van der Waals surface area contributed by atoms with E-state index in [1.165, 1.54) is 10.7 Å².